The first-order chi connectivity index (χ1) is 45.1. The molecule has 33 heteroatoms. The number of aliphatic carboxylic acids is 1. The van der Waals surface area contributed by atoms with Crippen molar-refractivity contribution in [1.82, 2.24) is 8.47 Å². The Hall–Kier alpha value is -6.16. The molecule has 0 saturated carbocycles. The molecule has 0 aliphatic carbocycles. The van der Waals surface area contributed by atoms with Crippen molar-refractivity contribution in [3.63, 3.8) is 0 Å². The van der Waals surface area contributed by atoms with Gasteiger partial charge < -0.3 is 0 Å². The summed E-state index contributed by atoms with van der Waals surface area (Å²) in [7, 11) is -32.5. The molecular weight excluding hydrogens is 1370 g/mol. The Kier molecular flexibility index (Phi) is 17.9. The maximum atomic E-state index is 12.4. The summed E-state index contributed by atoms with van der Waals surface area (Å²) in [5.74, 6) is -0.142. The first-order valence-electron chi connectivity index (χ1n) is 33.0. The third kappa shape index (κ3) is 12.0. The fourth-order valence-electron chi connectivity index (χ4n) is 16.8. The number of carboxylic acids is 1. The van der Waals surface area contributed by atoms with Gasteiger partial charge >= 0.3 is 565 Å². The van der Waals surface area contributed by atoms with Crippen molar-refractivity contribution >= 4 is 127 Å². The summed E-state index contributed by atoms with van der Waals surface area (Å²) in [5.41, 5.74) is 4.08. The number of carboxylic acid groups (broad SMARTS) is 1. The number of fused-ring (bicyclic) bond motifs is 12. The van der Waals surface area contributed by atoms with E-state index in [1.54, 1.807) is 0 Å². The average Bonchev–Trinajstić information content (AvgIpc) is 1.28. The predicted molar refractivity (Wildman–Crippen MR) is 373 cm³/mol. The molecule has 6 aliphatic rings. The van der Waals surface area contributed by atoms with Gasteiger partial charge in [0.1, 0.15) is 0 Å². The Morgan fingerprint density at radius 3 is 1.16 bits per heavy atom. The van der Waals surface area contributed by atoms with Crippen molar-refractivity contribution in [2.75, 3.05) is 75.4 Å². The quantitative estimate of drug-likeness (QED) is 0.0111. The van der Waals surface area contributed by atoms with Gasteiger partial charge in [0, 0.05) is 0 Å². The van der Waals surface area contributed by atoms with Crippen molar-refractivity contribution in [3.05, 3.63) is 130 Å². The first kappa shape index (κ1) is 69.7. The molecule has 6 aliphatic heterocycles. The molecule has 96 heavy (non-hydrogen) atoms. The zero-order chi connectivity index (χ0) is 68.8. The minimum absolute atomic E-state index is 0.0172. The van der Waals surface area contributed by atoms with Crippen LogP contribution in [0.1, 0.15) is 99.8 Å². The fraction of sp³-hybridized carbons (Fsp3) is 0.476. The molecule has 4 aromatic carbocycles. The van der Waals surface area contributed by atoms with Crippen LogP contribution in [-0.2, 0) is 53.5 Å². The van der Waals surface area contributed by atoms with E-state index in [2.05, 4.69) is 50.1 Å². The Labute approximate surface area is 561 Å². The summed E-state index contributed by atoms with van der Waals surface area (Å²) in [4.78, 5) is 35.2. The molecule has 0 bridgehead atoms. The Morgan fingerprint density at radius 2 is 0.792 bits per heavy atom. The molecule has 1 unspecified atom stereocenters. The van der Waals surface area contributed by atoms with Gasteiger partial charge in [0.05, 0.1) is 0 Å². The molecule has 12 rings (SSSR count). The number of amidine groups is 4. The minimum atomic E-state index is -7.35. The molecule has 518 valence electrons. The SMILES string of the molecule is CCCC[N+](CCCCC(=O)O)(CCC[Si](C)(C)O[Si-2]123(O[Si](C)(C)CCC[N+](CCCS(=O)(=O)O)(CCCS(=O)(=O)O)CCCS(=O)(=O)O)n4c5c6ccccc6c4N=C4c6ccccc6C(=[N+]41)N=c1c4ccccc4c(n12)=NC1=[N+]3C(=N5)c2ccccc21)CCCS(=O)(=O)O. The van der Waals surface area contributed by atoms with Gasteiger partial charge in [0.25, 0.3) is 0 Å². The van der Waals surface area contributed by atoms with E-state index in [0.29, 0.717) is 114 Å². The van der Waals surface area contributed by atoms with Crippen molar-refractivity contribution in [2.45, 2.75) is 116 Å². The molecule has 1 spiro atoms. The number of hydrogen-bond acceptors (Lipinski definition) is 15. The van der Waals surface area contributed by atoms with Gasteiger partial charge in [-0.1, -0.05) is 0 Å². The molecule has 0 fully saturated rings. The van der Waals surface area contributed by atoms with Crippen LogP contribution >= 0.6 is 0 Å². The molecule has 0 amide bonds. The van der Waals surface area contributed by atoms with Crippen LogP contribution in [0.2, 0.25) is 38.3 Å². The fourth-order valence-corrected chi connectivity index (χ4v) is 41.0. The second-order valence-electron chi connectivity index (χ2n) is 28.1. The van der Waals surface area contributed by atoms with Gasteiger partial charge in [0.2, 0.25) is 0 Å². The van der Waals surface area contributed by atoms with Crippen LogP contribution in [0.3, 0.4) is 0 Å². The zero-order valence-electron chi connectivity index (χ0n) is 54.7. The van der Waals surface area contributed by atoms with Crippen LogP contribution in [0.5, 0.6) is 0 Å². The van der Waals surface area contributed by atoms with Crippen molar-refractivity contribution in [2.24, 2.45) is 20.0 Å². The van der Waals surface area contributed by atoms with E-state index in [1.165, 1.54) is 0 Å². The number of aromatic nitrogens is 2. The molecule has 26 nitrogen and oxygen atoms in total. The third-order valence-electron chi connectivity index (χ3n) is 20.3. The Bertz CT molecular complexity index is 4730. The summed E-state index contributed by atoms with van der Waals surface area (Å²) in [6, 6.07) is 32.9. The number of unbranched alkanes of at least 4 members (excludes halogenated alkanes) is 2. The van der Waals surface area contributed by atoms with Crippen molar-refractivity contribution in [3.8, 4) is 0 Å². The van der Waals surface area contributed by atoms with Crippen LogP contribution in [0.15, 0.2) is 117 Å². The summed E-state index contributed by atoms with van der Waals surface area (Å²) in [6.45, 7) is 13.4. The molecule has 5 N–H and O–H groups in total. The second-order valence-corrected chi connectivity index (χ2v) is 48.7. The predicted octanol–water partition coefficient (Wildman–Crippen LogP) is 7.35. The number of carbonyl (C=O) groups is 1. The van der Waals surface area contributed by atoms with Gasteiger partial charge in [-0.15, -0.1) is 0 Å². The third-order valence-corrected chi connectivity index (χ3v) is 40.2. The summed E-state index contributed by atoms with van der Waals surface area (Å²) >= 11 is 0. The molecule has 2 aromatic heterocycles. The van der Waals surface area contributed by atoms with E-state index >= 15 is 0 Å². The van der Waals surface area contributed by atoms with Crippen LogP contribution in [0.4, 0.5) is 11.6 Å². The second kappa shape index (κ2) is 24.6. The summed E-state index contributed by atoms with van der Waals surface area (Å²) in [6.07, 6.45) is 3.44. The number of benzene rings is 4. The Morgan fingerprint density at radius 1 is 0.458 bits per heavy atom. The molecule has 0 radical (unpaired) electrons. The van der Waals surface area contributed by atoms with Crippen molar-refractivity contribution < 1.29 is 87.5 Å². The van der Waals surface area contributed by atoms with Crippen LogP contribution in [-0.4, -0.2) is 212 Å². The number of hydrogen-bond donors (Lipinski definition) is 5. The first-order valence-corrected chi connectivity index (χ1v) is 48.3. The van der Waals surface area contributed by atoms with Gasteiger partial charge in [-0.25, -0.2) is 0 Å². The van der Waals surface area contributed by atoms with Gasteiger partial charge in [-0.3, -0.25) is 0 Å². The van der Waals surface area contributed by atoms with Crippen LogP contribution < -0.4 is 11.0 Å². The van der Waals surface area contributed by atoms with E-state index in [-0.39, 0.29) is 62.8 Å². The number of nitrogens with zero attached hydrogens (tertiary/aromatic N) is 10. The summed E-state index contributed by atoms with van der Waals surface area (Å²) in [5, 5.41) is 12.8. The van der Waals surface area contributed by atoms with E-state index in [9.17, 15) is 70.0 Å². The summed E-state index contributed by atoms with van der Waals surface area (Å²) < 4.78 is 167. The molecule has 0 saturated heterocycles. The van der Waals surface area contributed by atoms with Gasteiger partial charge in [0.15, 0.2) is 0 Å². The molecule has 6 aromatic rings. The van der Waals surface area contributed by atoms with E-state index in [4.69, 9.17) is 20.0 Å². The Balaban J connectivity index is 1.13. The topological polar surface area (TPSA) is 339 Å². The monoisotopic (exact) mass is 1450 g/mol. The maximum absolute atomic E-state index is 12.4. The van der Waals surface area contributed by atoms with Crippen LogP contribution in [0, 0.1) is 0 Å². The molecule has 8 heterocycles. The molecular formula is C63H86N10O16S4Si3+2. The zero-order valence-corrected chi connectivity index (χ0v) is 61.0. The van der Waals surface area contributed by atoms with Gasteiger partial charge in [-0.2, -0.15) is 0 Å². The van der Waals surface area contributed by atoms with Gasteiger partial charge in [-0.05, 0) is 0 Å². The van der Waals surface area contributed by atoms with Crippen molar-refractivity contribution in [1.29, 1.82) is 0 Å². The average molecular weight is 1450 g/mol. The van der Waals surface area contributed by atoms with Crippen LogP contribution in [0.25, 0.3) is 21.5 Å². The number of aliphatic imine (C=N–C) groups is 2. The van der Waals surface area contributed by atoms with E-state index in [0.717, 1.165) is 56.6 Å². The normalized spacial score (nSPS) is 18.4. The van der Waals surface area contributed by atoms with E-state index < -0.39 is 93.8 Å². The van der Waals surface area contributed by atoms with E-state index in [1.807, 2.05) is 97.1 Å². The standard InChI is InChI=1S/C63H84N10O16S4Si3/c1-6-7-33-72(34-17-16-32-55(74)75,35-18-41-90(76,77)78)39-22-45-94(2,3)88-96(89-95(4,5)46-23-40-73(36-19-42-91(79,80)81,37-20-43-92(82,83)84)38-21-44-93(85,86)87)68-56-47-24-8-9-25-48(47)57(68)65-59-51-28-12-13-29-52(51)61(70(59)96)67-63-54-31-15-14-30-53(54)62(71(63)96)66-60-50-27-11-10-26-49(50)58(64-56)69(60)96/h8-15,24-31H,6-7,16-23,32-46H2,1-5H3,(H3-2,74,75,76,77,78,79,80,81,82,83,84,85,86,87)/p+2. The number of quaternary nitrogens is 2. The number of rotatable bonds is 36. The molecule has 1 atom stereocenters.